The average molecular weight is 407 g/mol. The molecule has 0 saturated heterocycles. The molecule has 0 atom stereocenters. The van der Waals surface area contributed by atoms with Crippen molar-refractivity contribution in [2.24, 2.45) is 0 Å². The van der Waals surface area contributed by atoms with Gasteiger partial charge in [0.05, 0.1) is 12.8 Å². The summed E-state index contributed by atoms with van der Waals surface area (Å²) < 4.78 is 16.3. The second kappa shape index (κ2) is 10.9. The van der Waals surface area contributed by atoms with Crippen LogP contribution in [0, 0.1) is 0 Å². The second-order valence-corrected chi connectivity index (χ2v) is 6.41. The van der Waals surface area contributed by atoms with Gasteiger partial charge in [-0.2, -0.15) is 0 Å². The van der Waals surface area contributed by atoms with Crippen LogP contribution in [0.5, 0.6) is 17.4 Å². The van der Waals surface area contributed by atoms with Gasteiger partial charge in [0, 0.05) is 43.0 Å². The Hall–Kier alpha value is -3.45. The van der Waals surface area contributed by atoms with E-state index in [-0.39, 0.29) is 5.91 Å². The number of hydrogen-bond donors (Lipinski definition) is 1. The van der Waals surface area contributed by atoms with Gasteiger partial charge in [0.25, 0.3) is 5.91 Å². The first kappa shape index (κ1) is 21.3. The highest BCUT2D eigenvalue weighted by Gasteiger charge is 2.08. The quantitative estimate of drug-likeness (QED) is 0.510. The zero-order valence-electron chi connectivity index (χ0n) is 17.1. The van der Waals surface area contributed by atoms with E-state index in [2.05, 4.69) is 15.3 Å². The van der Waals surface area contributed by atoms with Crippen molar-refractivity contribution in [1.29, 1.82) is 0 Å². The van der Waals surface area contributed by atoms with Crippen LogP contribution in [-0.2, 0) is 4.74 Å². The highest BCUT2D eigenvalue weighted by atomic mass is 16.5. The molecule has 0 aliphatic heterocycles. The second-order valence-electron chi connectivity index (χ2n) is 6.41. The SMILES string of the molecule is CCOCCCNC(=O)c1ccc(-c2cc(Oc3cccc(OC)c3)ncn2)cc1. The topological polar surface area (TPSA) is 82.6 Å². The fraction of sp³-hybridized carbons (Fsp3) is 0.261. The van der Waals surface area contributed by atoms with E-state index in [1.165, 1.54) is 6.33 Å². The lowest BCUT2D eigenvalue weighted by atomic mass is 10.1. The third-order valence-electron chi connectivity index (χ3n) is 4.30. The Morgan fingerprint density at radius 3 is 2.60 bits per heavy atom. The Morgan fingerprint density at radius 1 is 1.03 bits per heavy atom. The number of methoxy groups -OCH3 is 1. The lowest BCUT2D eigenvalue weighted by molar-refractivity contribution is 0.0944. The molecule has 0 spiro atoms. The number of benzene rings is 2. The number of amides is 1. The highest BCUT2D eigenvalue weighted by molar-refractivity contribution is 5.94. The lowest BCUT2D eigenvalue weighted by Gasteiger charge is -2.08. The summed E-state index contributed by atoms with van der Waals surface area (Å²) in [5.74, 6) is 1.64. The van der Waals surface area contributed by atoms with Crippen LogP contribution in [0.3, 0.4) is 0 Å². The molecule has 0 fully saturated rings. The van der Waals surface area contributed by atoms with Crippen LogP contribution in [0.25, 0.3) is 11.3 Å². The largest absolute Gasteiger partial charge is 0.497 e. The number of carbonyl (C=O) groups excluding carboxylic acids is 1. The van der Waals surface area contributed by atoms with Gasteiger partial charge < -0.3 is 19.5 Å². The van der Waals surface area contributed by atoms with Crippen molar-refractivity contribution in [1.82, 2.24) is 15.3 Å². The molecule has 30 heavy (non-hydrogen) atoms. The molecular formula is C23H25N3O4. The van der Waals surface area contributed by atoms with Crippen molar-refractivity contribution in [3.8, 4) is 28.6 Å². The molecule has 0 unspecified atom stereocenters. The van der Waals surface area contributed by atoms with Gasteiger partial charge in [-0.3, -0.25) is 4.79 Å². The molecule has 1 heterocycles. The third-order valence-corrected chi connectivity index (χ3v) is 4.30. The fourth-order valence-electron chi connectivity index (χ4n) is 2.75. The van der Waals surface area contributed by atoms with E-state index >= 15 is 0 Å². The number of nitrogens with zero attached hydrogens (tertiary/aromatic N) is 2. The van der Waals surface area contributed by atoms with Gasteiger partial charge in [-0.1, -0.05) is 18.2 Å². The summed E-state index contributed by atoms with van der Waals surface area (Å²) in [5, 5.41) is 2.89. The molecular weight excluding hydrogens is 382 g/mol. The first-order valence-electron chi connectivity index (χ1n) is 9.80. The van der Waals surface area contributed by atoms with Gasteiger partial charge in [0.2, 0.25) is 5.88 Å². The molecule has 7 heteroatoms. The van der Waals surface area contributed by atoms with Crippen LogP contribution in [0.1, 0.15) is 23.7 Å². The monoisotopic (exact) mass is 407 g/mol. The van der Waals surface area contributed by atoms with E-state index in [1.807, 2.05) is 37.3 Å². The lowest BCUT2D eigenvalue weighted by Crippen LogP contribution is -2.25. The van der Waals surface area contributed by atoms with Gasteiger partial charge in [-0.15, -0.1) is 0 Å². The van der Waals surface area contributed by atoms with Crippen molar-refractivity contribution >= 4 is 5.91 Å². The summed E-state index contributed by atoms with van der Waals surface area (Å²) in [6.45, 7) is 3.86. The van der Waals surface area contributed by atoms with Crippen LogP contribution in [0.2, 0.25) is 0 Å². The zero-order valence-corrected chi connectivity index (χ0v) is 17.1. The third kappa shape index (κ3) is 6.02. The minimum Gasteiger partial charge on any atom is -0.497 e. The number of nitrogens with one attached hydrogen (secondary N) is 1. The summed E-state index contributed by atoms with van der Waals surface area (Å²) >= 11 is 0. The van der Waals surface area contributed by atoms with Gasteiger partial charge in [0.15, 0.2) is 0 Å². The van der Waals surface area contributed by atoms with Crippen molar-refractivity contribution < 1.29 is 19.0 Å². The van der Waals surface area contributed by atoms with Crippen molar-refractivity contribution in [3.63, 3.8) is 0 Å². The maximum atomic E-state index is 12.2. The van der Waals surface area contributed by atoms with Crippen LogP contribution >= 0.6 is 0 Å². The Balaban J connectivity index is 1.63. The van der Waals surface area contributed by atoms with E-state index in [9.17, 15) is 4.79 Å². The molecule has 0 aliphatic carbocycles. The molecule has 0 bridgehead atoms. The first-order chi connectivity index (χ1) is 14.7. The van der Waals surface area contributed by atoms with Crippen LogP contribution in [-0.4, -0.2) is 42.7 Å². The van der Waals surface area contributed by atoms with Crippen LogP contribution < -0.4 is 14.8 Å². The van der Waals surface area contributed by atoms with Gasteiger partial charge >= 0.3 is 0 Å². The van der Waals surface area contributed by atoms with Gasteiger partial charge in [-0.25, -0.2) is 9.97 Å². The highest BCUT2D eigenvalue weighted by Crippen LogP contribution is 2.26. The van der Waals surface area contributed by atoms with Gasteiger partial charge in [0.1, 0.15) is 17.8 Å². The number of carbonyl (C=O) groups is 1. The van der Waals surface area contributed by atoms with E-state index in [0.717, 1.165) is 12.0 Å². The predicted octanol–water partition coefficient (Wildman–Crippen LogP) is 4.10. The van der Waals surface area contributed by atoms with E-state index in [1.54, 1.807) is 31.4 Å². The summed E-state index contributed by atoms with van der Waals surface area (Å²) in [7, 11) is 1.60. The maximum absolute atomic E-state index is 12.2. The molecule has 156 valence electrons. The Bertz CT molecular complexity index is 961. The van der Waals surface area contributed by atoms with E-state index in [4.69, 9.17) is 14.2 Å². The molecule has 1 aromatic heterocycles. The van der Waals surface area contributed by atoms with E-state index in [0.29, 0.717) is 48.4 Å². The number of rotatable bonds is 10. The molecule has 2 aromatic carbocycles. The molecule has 1 amide bonds. The average Bonchev–Trinajstić information content (AvgIpc) is 2.79. The van der Waals surface area contributed by atoms with Crippen molar-refractivity contribution in [2.75, 3.05) is 26.9 Å². The first-order valence-corrected chi connectivity index (χ1v) is 9.80. The number of ether oxygens (including phenoxy) is 3. The summed E-state index contributed by atoms with van der Waals surface area (Å²) in [5.41, 5.74) is 2.16. The predicted molar refractivity (Wildman–Crippen MR) is 114 cm³/mol. The minimum absolute atomic E-state index is 0.109. The van der Waals surface area contributed by atoms with Crippen LogP contribution in [0.4, 0.5) is 0 Å². The van der Waals surface area contributed by atoms with Gasteiger partial charge in [-0.05, 0) is 37.6 Å². The zero-order chi connectivity index (χ0) is 21.2. The smallest absolute Gasteiger partial charge is 0.251 e. The van der Waals surface area contributed by atoms with Crippen LogP contribution in [0.15, 0.2) is 60.9 Å². The summed E-state index contributed by atoms with van der Waals surface area (Å²) in [6, 6.07) is 16.3. The maximum Gasteiger partial charge on any atom is 0.251 e. The normalized spacial score (nSPS) is 10.5. The fourth-order valence-corrected chi connectivity index (χ4v) is 2.75. The molecule has 7 nitrogen and oxygen atoms in total. The molecule has 0 aliphatic rings. The molecule has 1 N–H and O–H groups in total. The Labute approximate surface area is 176 Å². The molecule has 3 rings (SSSR count). The molecule has 0 saturated carbocycles. The van der Waals surface area contributed by atoms with Crippen molar-refractivity contribution in [3.05, 3.63) is 66.5 Å². The number of aromatic nitrogens is 2. The Kier molecular flexibility index (Phi) is 7.74. The Morgan fingerprint density at radius 2 is 1.83 bits per heavy atom. The molecule has 0 radical (unpaired) electrons. The summed E-state index contributed by atoms with van der Waals surface area (Å²) in [6.07, 6.45) is 2.23. The minimum atomic E-state index is -0.109. The summed E-state index contributed by atoms with van der Waals surface area (Å²) in [4.78, 5) is 20.7. The van der Waals surface area contributed by atoms with Crippen molar-refractivity contribution in [2.45, 2.75) is 13.3 Å². The number of hydrogen-bond acceptors (Lipinski definition) is 6. The van der Waals surface area contributed by atoms with E-state index < -0.39 is 0 Å². The standard InChI is InChI=1S/C23H25N3O4/c1-3-29-13-5-12-24-23(27)18-10-8-17(9-11-18)21-15-22(26-16-25-21)30-20-7-4-6-19(14-20)28-2/h4,6-11,14-16H,3,5,12-13H2,1-2H3,(H,24,27). The molecule has 3 aromatic rings.